The molecule has 2 aromatic rings. The van der Waals surface area contributed by atoms with E-state index in [4.69, 9.17) is 4.74 Å². The molecule has 1 aromatic heterocycles. The van der Waals surface area contributed by atoms with Gasteiger partial charge in [0.15, 0.2) is 9.84 Å². The molecule has 0 saturated heterocycles. The van der Waals surface area contributed by atoms with E-state index >= 15 is 0 Å². The monoisotopic (exact) mass is 367 g/mol. The maximum absolute atomic E-state index is 13.0. The summed E-state index contributed by atoms with van der Waals surface area (Å²) in [7, 11) is -2.09. The Morgan fingerprint density at radius 3 is 2.50 bits per heavy atom. The summed E-state index contributed by atoms with van der Waals surface area (Å²) >= 11 is 1.37. The lowest BCUT2D eigenvalue weighted by molar-refractivity contribution is -0.121. The van der Waals surface area contributed by atoms with Gasteiger partial charge in [0.2, 0.25) is 5.91 Å². The third kappa shape index (κ3) is 4.36. The molecular weight excluding hydrogens is 346 g/mol. The number of nitrogens with one attached hydrogen (secondary N) is 1. The first-order chi connectivity index (χ1) is 11.5. The highest BCUT2D eigenvalue weighted by Crippen LogP contribution is 2.32. The maximum Gasteiger partial charge on any atom is 0.220 e. The second-order valence-corrected chi connectivity index (χ2v) is 8.39. The number of methoxy groups -OCH3 is 1. The van der Waals surface area contributed by atoms with Crippen molar-refractivity contribution >= 4 is 27.1 Å². The quantitative estimate of drug-likeness (QED) is 0.778. The predicted octanol–water partition coefficient (Wildman–Crippen LogP) is 3.19. The van der Waals surface area contributed by atoms with Crippen LogP contribution in [0.4, 0.5) is 0 Å². The summed E-state index contributed by atoms with van der Waals surface area (Å²) in [4.78, 5) is 12.7. The molecule has 1 N–H and O–H groups in total. The molecule has 24 heavy (non-hydrogen) atoms. The first-order valence-corrected chi connectivity index (χ1v) is 10.1. The van der Waals surface area contributed by atoms with Crippen molar-refractivity contribution in [2.75, 3.05) is 13.7 Å². The van der Waals surface area contributed by atoms with Crippen LogP contribution in [0.1, 0.15) is 29.9 Å². The summed E-state index contributed by atoms with van der Waals surface area (Å²) in [6.45, 7) is 1.97. The van der Waals surface area contributed by atoms with E-state index in [1.807, 2.05) is 18.4 Å². The molecule has 1 heterocycles. The second-order valence-electron chi connectivity index (χ2n) is 5.28. The van der Waals surface area contributed by atoms with Crippen LogP contribution in [0.15, 0.2) is 46.7 Å². The molecule has 0 saturated carbocycles. The molecule has 0 bridgehead atoms. The van der Waals surface area contributed by atoms with Crippen molar-refractivity contribution in [2.24, 2.45) is 0 Å². The molecule has 2 rings (SSSR count). The zero-order chi connectivity index (χ0) is 17.6. The van der Waals surface area contributed by atoms with Crippen LogP contribution in [-0.2, 0) is 14.6 Å². The summed E-state index contributed by atoms with van der Waals surface area (Å²) in [5.41, 5.74) is 0. The Kier molecular flexibility index (Phi) is 6.39. The first-order valence-electron chi connectivity index (χ1n) is 7.67. The van der Waals surface area contributed by atoms with Crippen molar-refractivity contribution in [2.45, 2.75) is 29.9 Å². The topological polar surface area (TPSA) is 72.5 Å². The van der Waals surface area contributed by atoms with Gasteiger partial charge in [-0.05, 0) is 42.1 Å². The molecule has 7 heteroatoms. The zero-order valence-electron chi connectivity index (χ0n) is 13.7. The zero-order valence-corrected chi connectivity index (χ0v) is 15.3. The van der Waals surface area contributed by atoms with E-state index in [1.54, 1.807) is 18.2 Å². The Morgan fingerprint density at radius 1 is 1.25 bits per heavy atom. The van der Waals surface area contributed by atoms with E-state index in [2.05, 4.69) is 5.32 Å². The smallest absolute Gasteiger partial charge is 0.220 e. The van der Waals surface area contributed by atoms with E-state index in [0.29, 0.717) is 17.0 Å². The van der Waals surface area contributed by atoms with Gasteiger partial charge in [-0.3, -0.25) is 4.79 Å². The minimum Gasteiger partial charge on any atom is -0.497 e. The van der Waals surface area contributed by atoms with Gasteiger partial charge in [-0.2, -0.15) is 0 Å². The van der Waals surface area contributed by atoms with Gasteiger partial charge in [0.1, 0.15) is 11.0 Å². The molecule has 0 aliphatic rings. The molecular formula is C17H21NO4S2. The lowest BCUT2D eigenvalue weighted by Crippen LogP contribution is -2.31. The normalized spacial score (nSPS) is 12.6. The van der Waals surface area contributed by atoms with Crippen molar-refractivity contribution in [1.82, 2.24) is 5.32 Å². The number of carbonyl (C=O) groups excluding carboxylic acids is 1. The van der Waals surface area contributed by atoms with Gasteiger partial charge in [-0.1, -0.05) is 13.0 Å². The standard InChI is InChI=1S/C17H21NO4S2/c1-3-5-17(19)18-12-16(15-6-4-11-23-15)24(20,21)14-9-7-13(22-2)8-10-14/h4,6-11,16H,3,5,12H2,1-2H3,(H,18,19)/t16-/m1/s1. The Hall–Kier alpha value is -1.86. The number of hydrogen-bond donors (Lipinski definition) is 1. The van der Waals surface area contributed by atoms with E-state index in [0.717, 1.165) is 6.42 Å². The van der Waals surface area contributed by atoms with Gasteiger partial charge in [0, 0.05) is 17.8 Å². The van der Waals surface area contributed by atoms with Crippen LogP contribution in [0.2, 0.25) is 0 Å². The van der Waals surface area contributed by atoms with Gasteiger partial charge in [-0.15, -0.1) is 11.3 Å². The Labute approximate surface area is 146 Å². The predicted molar refractivity (Wildman–Crippen MR) is 95.2 cm³/mol. The number of thiophene rings is 1. The molecule has 0 aliphatic heterocycles. The average Bonchev–Trinajstić information content (AvgIpc) is 3.09. The molecule has 0 spiro atoms. The number of hydrogen-bond acceptors (Lipinski definition) is 5. The molecule has 1 aromatic carbocycles. The summed E-state index contributed by atoms with van der Waals surface area (Å²) in [5.74, 6) is 0.460. The number of amides is 1. The molecule has 1 atom stereocenters. The number of benzene rings is 1. The van der Waals surface area contributed by atoms with Gasteiger partial charge in [0.25, 0.3) is 0 Å². The van der Waals surface area contributed by atoms with Crippen LogP contribution in [0.25, 0.3) is 0 Å². The fourth-order valence-electron chi connectivity index (χ4n) is 2.29. The number of rotatable bonds is 8. The lowest BCUT2D eigenvalue weighted by Gasteiger charge is -2.17. The first kappa shape index (κ1) is 18.5. The van der Waals surface area contributed by atoms with E-state index in [9.17, 15) is 13.2 Å². The fourth-order valence-corrected chi connectivity index (χ4v) is 5.07. The van der Waals surface area contributed by atoms with Crippen LogP contribution in [0.5, 0.6) is 5.75 Å². The van der Waals surface area contributed by atoms with E-state index in [-0.39, 0.29) is 17.3 Å². The fraction of sp³-hybridized carbons (Fsp3) is 0.353. The summed E-state index contributed by atoms with van der Waals surface area (Å²) in [6.07, 6.45) is 1.11. The van der Waals surface area contributed by atoms with Crippen LogP contribution in [-0.4, -0.2) is 28.0 Å². The highest BCUT2D eigenvalue weighted by molar-refractivity contribution is 7.91. The summed E-state index contributed by atoms with van der Waals surface area (Å²) in [5, 5.41) is 3.77. The van der Waals surface area contributed by atoms with Gasteiger partial charge < -0.3 is 10.1 Å². The van der Waals surface area contributed by atoms with Gasteiger partial charge in [-0.25, -0.2) is 8.42 Å². The van der Waals surface area contributed by atoms with Crippen LogP contribution < -0.4 is 10.1 Å². The molecule has 0 aliphatic carbocycles. The van der Waals surface area contributed by atoms with Crippen molar-refractivity contribution in [3.63, 3.8) is 0 Å². The van der Waals surface area contributed by atoms with E-state index in [1.165, 1.54) is 30.6 Å². The highest BCUT2D eigenvalue weighted by Gasteiger charge is 2.30. The summed E-state index contributed by atoms with van der Waals surface area (Å²) in [6, 6.07) is 9.89. The Morgan fingerprint density at radius 2 is 1.96 bits per heavy atom. The van der Waals surface area contributed by atoms with Crippen LogP contribution in [0.3, 0.4) is 0 Å². The molecule has 1 amide bonds. The van der Waals surface area contributed by atoms with Crippen LogP contribution in [0, 0.1) is 0 Å². The Bertz CT molecular complexity index is 752. The third-order valence-corrected chi connectivity index (χ3v) is 6.82. The minimum atomic E-state index is -3.62. The Balaban J connectivity index is 2.29. The number of carbonyl (C=O) groups is 1. The van der Waals surface area contributed by atoms with Crippen LogP contribution >= 0.6 is 11.3 Å². The summed E-state index contributed by atoms with van der Waals surface area (Å²) < 4.78 is 31.1. The van der Waals surface area contributed by atoms with Crippen molar-refractivity contribution in [3.8, 4) is 5.75 Å². The van der Waals surface area contributed by atoms with E-state index < -0.39 is 15.1 Å². The third-order valence-electron chi connectivity index (χ3n) is 3.58. The van der Waals surface area contributed by atoms with Gasteiger partial charge >= 0.3 is 0 Å². The lowest BCUT2D eigenvalue weighted by atomic mass is 10.3. The molecule has 0 radical (unpaired) electrons. The number of sulfone groups is 1. The number of ether oxygens (including phenoxy) is 1. The SMILES string of the molecule is CCCC(=O)NC[C@H](c1cccs1)S(=O)(=O)c1ccc(OC)cc1. The highest BCUT2D eigenvalue weighted by atomic mass is 32.2. The van der Waals surface area contributed by atoms with Crippen molar-refractivity contribution in [1.29, 1.82) is 0 Å². The molecule has 0 fully saturated rings. The average molecular weight is 367 g/mol. The maximum atomic E-state index is 13.0. The second kappa shape index (κ2) is 8.30. The van der Waals surface area contributed by atoms with Crippen molar-refractivity contribution < 1.29 is 17.9 Å². The minimum absolute atomic E-state index is 0.0632. The molecule has 130 valence electrons. The molecule has 5 nitrogen and oxygen atoms in total. The molecule has 0 unspecified atom stereocenters. The van der Waals surface area contributed by atoms with Gasteiger partial charge in [0.05, 0.1) is 12.0 Å². The largest absolute Gasteiger partial charge is 0.497 e. The van der Waals surface area contributed by atoms with Crippen molar-refractivity contribution in [3.05, 3.63) is 46.7 Å².